The zero-order valence-electron chi connectivity index (χ0n) is 16.3. The van der Waals surface area contributed by atoms with Crippen LogP contribution in [-0.2, 0) is 0 Å². The molecule has 1 fully saturated rings. The van der Waals surface area contributed by atoms with Gasteiger partial charge in [0, 0.05) is 13.1 Å². The number of benzene rings is 3. The largest absolute Gasteiger partial charge is 0.370 e. The summed E-state index contributed by atoms with van der Waals surface area (Å²) in [5, 5.41) is 9.93. The van der Waals surface area contributed by atoms with E-state index in [2.05, 4.69) is 11.0 Å². The van der Waals surface area contributed by atoms with E-state index in [-0.39, 0.29) is 11.8 Å². The predicted molar refractivity (Wildman–Crippen MR) is 116 cm³/mol. The number of imide groups is 1. The number of carbonyl (C=O) groups is 2. The van der Waals surface area contributed by atoms with Crippen LogP contribution in [0.2, 0.25) is 0 Å². The van der Waals surface area contributed by atoms with Crippen LogP contribution in [0.15, 0.2) is 66.7 Å². The summed E-state index contributed by atoms with van der Waals surface area (Å²) < 4.78 is 0. The van der Waals surface area contributed by atoms with Crippen molar-refractivity contribution in [1.29, 1.82) is 5.26 Å². The van der Waals surface area contributed by atoms with E-state index >= 15 is 0 Å². The molecule has 5 nitrogen and oxygen atoms in total. The van der Waals surface area contributed by atoms with Gasteiger partial charge in [0.15, 0.2) is 0 Å². The van der Waals surface area contributed by atoms with Crippen molar-refractivity contribution in [3.05, 3.63) is 83.4 Å². The van der Waals surface area contributed by atoms with Crippen molar-refractivity contribution in [2.75, 3.05) is 22.9 Å². The zero-order chi connectivity index (χ0) is 20.7. The molecule has 0 spiro atoms. The highest BCUT2D eigenvalue weighted by Crippen LogP contribution is 2.43. The monoisotopic (exact) mass is 393 g/mol. The van der Waals surface area contributed by atoms with Gasteiger partial charge in [-0.25, -0.2) is 4.90 Å². The summed E-state index contributed by atoms with van der Waals surface area (Å²) in [6, 6.07) is 22.5. The highest BCUT2D eigenvalue weighted by Gasteiger charge is 2.43. The minimum atomic E-state index is -0.364. The molecule has 0 atom stereocenters. The highest BCUT2D eigenvalue weighted by atomic mass is 16.2. The van der Waals surface area contributed by atoms with Crippen LogP contribution in [0.25, 0.3) is 11.1 Å². The maximum atomic E-state index is 13.6. The van der Waals surface area contributed by atoms with Gasteiger partial charge in [-0.2, -0.15) is 5.26 Å². The fraction of sp³-hybridized carbons (Fsp3) is 0.160. The molecule has 0 radical (unpaired) electrons. The van der Waals surface area contributed by atoms with Gasteiger partial charge in [-0.15, -0.1) is 0 Å². The van der Waals surface area contributed by atoms with E-state index in [0.717, 1.165) is 31.5 Å². The van der Waals surface area contributed by atoms with Crippen LogP contribution in [0.3, 0.4) is 0 Å². The highest BCUT2D eigenvalue weighted by molar-refractivity contribution is 6.38. The average molecular weight is 393 g/mol. The second-order valence-corrected chi connectivity index (χ2v) is 7.52. The average Bonchev–Trinajstić information content (AvgIpc) is 3.41. The maximum absolute atomic E-state index is 13.6. The number of nitrogens with zero attached hydrogens (tertiary/aromatic N) is 3. The number of anilines is 2. The summed E-state index contributed by atoms with van der Waals surface area (Å²) in [6.45, 7) is 1.55. The first-order chi connectivity index (χ1) is 14.7. The van der Waals surface area contributed by atoms with Gasteiger partial charge >= 0.3 is 0 Å². The second-order valence-electron chi connectivity index (χ2n) is 7.52. The normalized spacial score (nSPS) is 15.4. The summed E-state index contributed by atoms with van der Waals surface area (Å²) in [5.74, 6) is -0.706. The van der Waals surface area contributed by atoms with Crippen molar-refractivity contribution in [3.8, 4) is 17.2 Å². The third-order valence-corrected chi connectivity index (χ3v) is 5.78. The van der Waals surface area contributed by atoms with Crippen molar-refractivity contribution in [2.45, 2.75) is 12.8 Å². The van der Waals surface area contributed by atoms with Crippen LogP contribution in [0, 0.1) is 11.3 Å². The van der Waals surface area contributed by atoms with E-state index in [1.54, 1.807) is 30.3 Å². The van der Waals surface area contributed by atoms with Crippen molar-refractivity contribution in [3.63, 3.8) is 0 Å². The molecule has 0 aliphatic carbocycles. The molecule has 146 valence electrons. The van der Waals surface area contributed by atoms with Crippen LogP contribution in [0.4, 0.5) is 11.4 Å². The van der Waals surface area contributed by atoms with Crippen LogP contribution >= 0.6 is 0 Å². The molecule has 5 rings (SSSR count). The molecule has 2 aliphatic rings. The first-order valence-electron chi connectivity index (χ1n) is 10.1. The molecule has 0 N–H and O–H groups in total. The van der Waals surface area contributed by atoms with E-state index in [9.17, 15) is 14.9 Å². The minimum Gasteiger partial charge on any atom is -0.370 e. The first-order valence-corrected chi connectivity index (χ1v) is 10.1. The molecule has 5 heteroatoms. The summed E-state index contributed by atoms with van der Waals surface area (Å²) in [6.07, 6.45) is 2.01. The molecule has 3 aromatic carbocycles. The lowest BCUT2D eigenvalue weighted by atomic mass is 9.92. The quantitative estimate of drug-likeness (QED) is 0.609. The smallest absolute Gasteiger partial charge is 0.268 e. The van der Waals surface area contributed by atoms with Crippen molar-refractivity contribution < 1.29 is 9.59 Å². The SMILES string of the molecule is N#Cc1cc(-c2ccccc2)c2c(c1N1CCCC1)C(=O)N(c1ccccc1)C2=O. The van der Waals surface area contributed by atoms with Crippen LogP contribution in [0.1, 0.15) is 39.1 Å². The lowest BCUT2D eigenvalue weighted by Crippen LogP contribution is -2.30. The first kappa shape index (κ1) is 18.1. The summed E-state index contributed by atoms with van der Waals surface area (Å²) in [5.41, 5.74) is 3.75. The molecule has 30 heavy (non-hydrogen) atoms. The Hall–Kier alpha value is -3.91. The van der Waals surface area contributed by atoms with Gasteiger partial charge in [-0.3, -0.25) is 9.59 Å². The molecule has 3 aromatic rings. The van der Waals surface area contributed by atoms with E-state index < -0.39 is 0 Å². The number of amides is 2. The van der Waals surface area contributed by atoms with Gasteiger partial charge in [0.1, 0.15) is 6.07 Å². The van der Waals surface area contributed by atoms with Crippen LogP contribution in [0.5, 0.6) is 0 Å². The molecule has 0 unspecified atom stereocenters. The molecule has 1 saturated heterocycles. The van der Waals surface area contributed by atoms with Gasteiger partial charge < -0.3 is 4.90 Å². The van der Waals surface area contributed by atoms with E-state index in [4.69, 9.17) is 0 Å². The number of hydrogen-bond acceptors (Lipinski definition) is 4. The third-order valence-electron chi connectivity index (χ3n) is 5.78. The van der Waals surface area contributed by atoms with Gasteiger partial charge in [0.25, 0.3) is 11.8 Å². The molecule has 2 heterocycles. The lowest BCUT2D eigenvalue weighted by molar-refractivity contribution is 0.0926. The number of hydrogen-bond donors (Lipinski definition) is 0. The Kier molecular flexibility index (Phi) is 4.33. The van der Waals surface area contributed by atoms with Crippen molar-refractivity contribution in [2.24, 2.45) is 0 Å². The van der Waals surface area contributed by atoms with Gasteiger partial charge in [0.2, 0.25) is 0 Å². The summed E-state index contributed by atoms with van der Waals surface area (Å²) in [4.78, 5) is 30.5. The number of nitriles is 1. The molecular weight excluding hydrogens is 374 g/mol. The van der Waals surface area contributed by atoms with Crippen molar-refractivity contribution in [1.82, 2.24) is 0 Å². The molecule has 2 amide bonds. The van der Waals surface area contributed by atoms with E-state index in [1.807, 2.05) is 36.4 Å². The predicted octanol–water partition coefficient (Wildman–Crippen LogP) is 4.63. The number of para-hydroxylation sites is 1. The van der Waals surface area contributed by atoms with E-state index in [0.29, 0.717) is 33.6 Å². The number of rotatable bonds is 3. The molecule has 0 bridgehead atoms. The number of fused-ring (bicyclic) bond motifs is 1. The van der Waals surface area contributed by atoms with Crippen molar-refractivity contribution >= 4 is 23.2 Å². The van der Waals surface area contributed by atoms with Gasteiger partial charge in [-0.05, 0) is 42.2 Å². The van der Waals surface area contributed by atoms with Gasteiger partial charge in [0.05, 0.1) is 28.1 Å². The Morgan fingerprint density at radius 2 is 1.40 bits per heavy atom. The Balaban J connectivity index is 1.81. The second kappa shape index (κ2) is 7.16. The summed E-state index contributed by atoms with van der Waals surface area (Å²) >= 11 is 0. The molecular formula is C25H19N3O2. The molecule has 2 aliphatic heterocycles. The van der Waals surface area contributed by atoms with Gasteiger partial charge in [-0.1, -0.05) is 48.5 Å². The Morgan fingerprint density at radius 3 is 2.03 bits per heavy atom. The lowest BCUT2D eigenvalue weighted by Gasteiger charge is -2.22. The molecule has 0 aromatic heterocycles. The Labute approximate surface area is 174 Å². The van der Waals surface area contributed by atoms with Crippen LogP contribution in [-0.4, -0.2) is 24.9 Å². The number of carbonyl (C=O) groups excluding carboxylic acids is 2. The minimum absolute atomic E-state index is 0.343. The topological polar surface area (TPSA) is 64.4 Å². The fourth-order valence-corrected chi connectivity index (χ4v) is 4.43. The Bertz CT molecular complexity index is 1190. The maximum Gasteiger partial charge on any atom is 0.268 e. The fourth-order valence-electron chi connectivity index (χ4n) is 4.43. The Morgan fingerprint density at radius 1 is 0.800 bits per heavy atom. The third kappa shape index (κ3) is 2.69. The molecule has 0 saturated carbocycles. The summed E-state index contributed by atoms with van der Waals surface area (Å²) in [7, 11) is 0. The zero-order valence-corrected chi connectivity index (χ0v) is 16.3. The van der Waals surface area contributed by atoms with Crippen LogP contribution < -0.4 is 9.80 Å². The van der Waals surface area contributed by atoms with E-state index in [1.165, 1.54) is 4.90 Å². The standard InChI is InChI=1S/C25H19N3O2/c26-16-18-15-20(17-9-3-1-4-10-17)21-22(23(18)27-13-7-8-14-27)25(30)28(24(21)29)19-11-5-2-6-12-19/h1-6,9-12,15H,7-8,13-14H2.